The molecule has 1 amide bonds. The fourth-order valence-corrected chi connectivity index (χ4v) is 2.58. The number of amides is 1. The lowest BCUT2D eigenvalue weighted by Gasteiger charge is -2.23. The summed E-state index contributed by atoms with van der Waals surface area (Å²) >= 11 is 0. The Labute approximate surface area is 122 Å². The summed E-state index contributed by atoms with van der Waals surface area (Å²) in [6.07, 6.45) is 4.29. The van der Waals surface area contributed by atoms with E-state index >= 15 is 0 Å². The first-order valence-electron chi connectivity index (χ1n) is 7.61. The number of carbonyl (C=O) groups is 1. The summed E-state index contributed by atoms with van der Waals surface area (Å²) < 4.78 is 10.3. The molecule has 5 heteroatoms. The molecule has 0 radical (unpaired) electrons. The van der Waals surface area contributed by atoms with Crippen LogP contribution in [0.2, 0.25) is 0 Å². The largest absolute Gasteiger partial charge is 0.444 e. The molecule has 5 nitrogen and oxygen atoms in total. The summed E-state index contributed by atoms with van der Waals surface area (Å²) in [4.78, 5) is 11.7. The van der Waals surface area contributed by atoms with Crippen molar-refractivity contribution < 1.29 is 14.3 Å². The van der Waals surface area contributed by atoms with Crippen LogP contribution in [0.15, 0.2) is 0 Å². The molecule has 2 N–H and O–H groups in total. The lowest BCUT2D eigenvalue weighted by molar-refractivity contribution is 0.0517. The molecular weight excluding hydrogens is 256 g/mol. The molecule has 1 fully saturated rings. The van der Waals surface area contributed by atoms with E-state index in [1.807, 2.05) is 20.8 Å². The van der Waals surface area contributed by atoms with E-state index in [2.05, 4.69) is 10.6 Å². The van der Waals surface area contributed by atoms with Crippen molar-refractivity contribution in [1.82, 2.24) is 10.6 Å². The fourth-order valence-electron chi connectivity index (χ4n) is 2.58. The summed E-state index contributed by atoms with van der Waals surface area (Å²) in [5.74, 6) is 0.505. The van der Waals surface area contributed by atoms with Gasteiger partial charge in [-0.15, -0.1) is 0 Å². The van der Waals surface area contributed by atoms with Crippen molar-refractivity contribution in [2.45, 2.75) is 58.1 Å². The molecule has 0 spiro atoms. The third kappa shape index (κ3) is 7.10. The van der Waals surface area contributed by atoms with Crippen molar-refractivity contribution in [3.05, 3.63) is 0 Å². The summed E-state index contributed by atoms with van der Waals surface area (Å²) in [5.41, 5.74) is -0.433. The van der Waals surface area contributed by atoms with Crippen LogP contribution in [0.3, 0.4) is 0 Å². The summed E-state index contributed by atoms with van der Waals surface area (Å²) in [5, 5.41) is 6.45. The predicted molar refractivity (Wildman–Crippen MR) is 79.9 cm³/mol. The number of ether oxygens (including phenoxy) is 2. The van der Waals surface area contributed by atoms with Crippen LogP contribution in [-0.2, 0) is 9.47 Å². The van der Waals surface area contributed by atoms with Gasteiger partial charge in [-0.2, -0.15) is 0 Å². The highest BCUT2D eigenvalue weighted by atomic mass is 16.6. The molecule has 0 aromatic carbocycles. The lowest BCUT2D eigenvalue weighted by Crippen LogP contribution is -2.41. The van der Waals surface area contributed by atoms with Crippen LogP contribution < -0.4 is 10.6 Å². The van der Waals surface area contributed by atoms with Crippen molar-refractivity contribution in [3.63, 3.8) is 0 Å². The summed E-state index contributed by atoms with van der Waals surface area (Å²) in [6, 6.07) is 0.502. The number of rotatable bonds is 7. The maximum Gasteiger partial charge on any atom is 0.407 e. The molecule has 0 saturated heterocycles. The zero-order valence-corrected chi connectivity index (χ0v) is 13.3. The van der Waals surface area contributed by atoms with Crippen LogP contribution in [0.5, 0.6) is 0 Å². The van der Waals surface area contributed by atoms with Gasteiger partial charge >= 0.3 is 6.09 Å². The van der Waals surface area contributed by atoms with E-state index in [1.165, 1.54) is 12.8 Å². The zero-order valence-electron chi connectivity index (χ0n) is 13.3. The van der Waals surface area contributed by atoms with Gasteiger partial charge in [0.15, 0.2) is 0 Å². The van der Waals surface area contributed by atoms with Gasteiger partial charge in [0.25, 0.3) is 0 Å². The molecule has 0 bridgehead atoms. The SMILES string of the molecule is COCCCNC1CCCC1CNC(=O)OC(C)(C)C. The molecular formula is C15H30N2O3. The van der Waals surface area contributed by atoms with Crippen molar-refractivity contribution in [1.29, 1.82) is 0 Å². The molecule has 0 heterocycles. The van der Waals surface area contributed by atoms with Crippen molar-refractivity contribution in [3.8, 4) is 0 Å². The van der Waals surface area contributed by atoms with Gasteiger partial charge in [0.1, 0.15) is 5.60 Å². The maximum atomic E-state index is 11.7. The number of alkyl carbamates (subject to hydrolysis) is 1. The van der Waals surface area contributed by atoms with Crippen LogP contribution in [0.4, 0.5) is 4.79 Å². The van der Waals surface area contributed by atoms with Crippen molar-refractivity contribution in [2.75, 3.05) is 26.8 Å². The predicted octanol–water partition coefficient (Wildman–Crippen LogP) is 2.31. The Hall–Kier alpha value is -0.810. The summed E-state index contributed by atoms with van der Waals surface area (Å²) in [7, 11) is 1.73. The first-order valence-corrected chi connectivity index (χ1v) is 7.61. The standard InChI is InChI=1S/C15H30N2O3/c1-15(2,3)20-14(18)17-11-12-7-5-8-13(12)16-9-6-10-19-4/h12-13,16H,5-11H2,1-4H3,(H,17,18). The van der Waals surface area contributed by atoms with E-state index in [4.69, 9.17) is 9.47 Å². The second-order valence-electron chi connectivity index (χ2n) is 6.48. The van der Waals surface area contributed by atoms with Gasteiger partial charge < -0.3 is 20.1 Å². The Morgan fingerprint density at radius 1 is 1.30 bits per heavy atom. The normalized spacial score (nSPS) is 22.8. The van der Waals surface area contributed by atoms with Crippen molar-refractivity contribution in [2.24, 2.45) is 5.92 Å². The third-order valence-corrected chi connectivity index (χ3v) is 3.50. The molecule has 20 heavy (non-hydrogen) atoms. The van der Waals surface area contributed by atoms with E-state index in [1.54, 1.807) is 7.11 Å². The van der Waals surface area contributed by atoms with Gasteiger partial charge in [-0.25, -0.2) is 4.79 Å². The second-order valence-corrected chi connectivity index (χ2v) is 6.48. The molecule has 0 aromatic rings. The number of methoxy groups -OCH3 is 1. The smallest absolute Gasteiger partial charge is 0.407 e. The Bertz CT molecular complexity index is 289. The second kappa shape index (κ2) is 8.47. The molecule has 1 aliphatic rings. The zero-order chi connectivity index (χ0) is 15.0. The molecule has 2 atom stereocenters. The highest BCUT2D eigenvalue weighted by Crippen LogP contribution is 2.25. The van der Waals surface area contributed by atoms with Crippen molar-refractivity contribution >= 4 is 6.09 Å². The number of nitrogens with one attached hydrogen (secondary N) is 2. The van der Waals surface area contributed by atoms with Gasteiger partial charge in [-0.1, -0.05) is 6.42 Å². The van der Waals surface area contributed by atoms with E-state index in [0.717, 1.165) is 26.0 Å². The lowest BCUT2D eigenvalue weighted by atomic mass is 10.0. The van der Waals surface area contributed by atoms with E-state index in [0.29, 0.717) is 18.5 Å². The fraction of sp³-hybridized carbons (Fsp3) is 0.933. The first-order chi connectivity index (χ1) is 9.42. The minimum atomic E-state index is -0.433. The quantitative estimate of drug-likeness (QED) is 0.705. The van der Waals surface area contributed by atoms with E-state index in [9.17, 15) is 4.79 Å². The Morgan fingerprint density at radius 3 is 2.70 bits per heavy atom. The van der Waals surface area contributed by atoms with Gasteiger partial charge in [0, 0.05) is 26.3 Å². The van der Waals surface area contributed by atoms with Gasteiger partial charge in [-0.3, -0.25) is 0 Å². The minimum Gasteiger partial charge on any atom is -0.444 e. The molecule has 0 aromatic heterocycles. The Balaban J connectivity index is 2.22. The van der Waals surface area contributed by atoms with Crippen LogP contribution >= 0.6 is 0 Å². The molecule has 1 saturated carbocycles. The van der Waals surface area contributed by atoms with Gasteiger partial charge in [0.2, 0.25) is 0 Å². The van der Waals surface area contributed by atoms with Crippen LogP contribution in [-0.4, -0.2) is 44.5 Å². The van der Waals surface area contributed by atoms with E-state index < -0.39 is 5.60 Å². The number of carbonyl (C=O) groups excluding carboxylic acids is 1. The Morgan fingerprint density at radius 2 is 2.05 bits per heavy atom. The van der Waals surface area contributed by atoms with E-state index in [-0.39, 0.29) is 6.09 Å². The third-order valence-electron chi connectivity index (χ3n) is 3.50. The summed E-state index contributed by atoms with van der Waals surface area (Å²) in [6.45, 7) is 8.09. The number of hydrogen-bond acceptors (Lipinski definition) is 4. The number of hydrogen-bond donors (Lipinski definition) is 2. The average molecular weight is 286 g/mol. The molecule has 118 valence electrons. The highest BCUT2D eigenvalue weighted by molar-refractivity contribution is 5.67. The minimum absolute atomic E-state index is 0.317. The van der Waals surface area contributed by atoms with Crippen LogP contribution in [0.1, 0.15) is 46.5 Å². The van der Waals surface area contributed by atoms with Crippen LogP contribution in [0, 0.1) is 5.92 Å². The molecule has 0 aliphatic heterocycles. The highest BCUT2D eigenvalue weighted by Gasteiger charge is 2.27. The topological polar surface area (TPSA) is 59.6 Å². The maximum absolute atomic E-state index is 11.7. The monoisotopic (exact) mass is 286 g/mol. The molecule has 1 aliphatic carbocycles. The van der Waals surface area contributed by atoms with Gasteiger partial charge in [-0.05, 0) is 52.5 Å². The molecule has 2 unspecified atom stereocenters. The Kier molecular flexibility index (Phi) is 7.30. The first kappa shape index (κ1) is 17.2. The molecule has 1 rings (SSSR count). The van der Waals surface area contributed by atoms with Crippen LogP contribution in [0.25, 0.3) is 0 Å². The average Bonchev–Trinajstić information content (AvgIpc) is 2.77. The van der Waals surface area contributed by atoms with Gasteiger partial charge in [0.05, 0.1) is 0 Å².